The van der Waals surface area contributed by atoms with Crippen LogP contribution in [-0.2, 0) is 0 Å². The summed E-state index contributed by atoms with van der Waals surface area (Å²) in [7, 11) is 0. The van der Waals surface area contributed by atoms with E-state index in [0.717, 1.165) is 0 Å². The molecular weight excluding hydrogens is 121 g/mol. The van der Waals surface area contributed by atoms with Crippen molar-refractivity contribution in [3.63, 3.8) is 0 Å². The number of aromatic nitrogens is 1. The van der Waals surface area contributed by atoms with Crippen molar-refractivity contribution in [2.24, 2.45) is 0 Å². The second kappa shape index (κ2) is 2.01. The van der Waals surface area contributed by atoms with Gasteiger partial charge in [-0.1, -0.05) is 0 Å². The summed E-state index contributed by atoms with van der Waals surface area (Å²) in [6.45, 7) is 1.55. The molecule has 1 N–H and O–H groups in total. The number of hydrogen-bond acceptors (Lipinski definition) is 1. The number of aryl methyl sites for hydroxylation is 1. The van der Waals surface area contributed by atoms with E-state index in [1.807, 2.05) is 0 Å². The fourth-order valence-corrected chi connectivity index (χ4v) is 0.558. The second-order valence-corrected chi connectivity index (χ2v) is 1.80. The minimum absolute atomic E-state index is 0.374. The zero-order valence-corrected chi connectivity index (χ0v) is 4.94. The van der Waals surface area contributed by atoms with Gasteiger partial charge in [0.05, 0.1) is 0 Å². The van der Waals surface area contributed by atoms with Crippen molar-refractivity contribution in [1.82, 2.24) is 4.98 Å². The molecule has 0 fully saturated rings. The van der Waals surface area contributed by atoms with Gasteiger partial charge in [0.2, 0.25) is 0 Å². The number of halogens is 1. The quantitative estimate of drug-likeness (QED) is 0.550. The summed E-state index contributed by atoms with van der Waals surface area (Å²) in [6.07, 6.45) is 1.42. The Balaban J connectivity index is 3.43. The third-order valence-electron chi connectivity index (χ3n) is 1.09. The summed E-state index contributed by atoms with van der Waals surface area (Å²) in [5.41, 5.74) is -0.284. The van der Waals surface area contributed by atoms with Crippen molar-refractivity contribution in [3.05, 3.63) is 34.0 Å². The van der Waals surface area contributed by atoms with Crippen LogP contribution < -0.4 is 5.56 Å². The SMILES string of the molecule is Cc1cc[nH]c(=O)c1F. The normalized spacial score (nSPS) is 9.56. The predicted octanol–water partition coefficient (Wildman–Crippen LogP) is 0.822. The maximum atomic E-state index is 12.4. The Morgan fingerprint density at radius 2 is 2.33 bits per heavy atom. The van der Waals surface area contributed by atoms with Gasteiger partial charge in [0.25, 0.3) is 5.56 Å². The van der Waals surface area contributed by atoms with Gasteiger partial charge in [-0.15, -0.1) is 0 Å². The lowest BCUT2D eigenvalue weighted by Crippen LogP contribution is -2.10. The highest BCUT2D eigenvalue weighted by atomic mass is 19.1. The number of H-pyrrole nitrogens is 1. The lowest BCUT2D eigenvalue weighted by molar-refractivity contribution is 0.599. The molecule has 0 amide bonds. The summed E-state index contributed by atoms with van der Waals surface area (Å²) in [5, 5.41) is 0. The monoisotopic (exact) mass is 127 g/mol. The summed E-state index contributed by atoms with van der Waals surface area (Å²) in [4.78, 5) is 12.6. The summed E-state index contributed by atoms with van der Waals surface area (Å²) in [6, 6.07) is 1.51. The number of rotatable bonds is 0. The Morgan fingerprint density at radius 3 is 2.78 bits per heavy atom. The topological polar surface area (TPSA) is 32.9 Å². The zero-order valence-electron chi connectivity index (χ0n) is 4.94. The van der Waals surface area contributed by atoms with Crippen LogP contribution in [0, 0.1) is 12.7 Å². The maximum Gasteiger partial charge on any atom is 0.284 e. The summed E-state index contributed by atoms with van der Waals surface area (Å²) < 4.78 is 12.4. The molecule has 0 unspecified atom stereocenters. The Hall–Kier alpha value is -1.12. The van der Waals surface area contributed by atoms with Gasteiger partial charge in [0, 0.05) is 6.20 Å². The highest BCUT2D eigenvalue weighted by molar-refractivity contribution is 5.09. The van der Waals surface area contributed by atoms with E-state index in [4.69, 9.17) is 0 Å². The molecule has 1 aromatic rings. The van der Waals surface area contributed by atoms with Crippen molar-refractivity contribution in [3.8, 4) is 0 Å². The van der Waals surface area contributed by atoms with Crippen molar-refractivity contribution in [2.75, 3.05) is 0 Å². The van der Waals surface area contributed by atoms with Crippen LogP contribution in [0.3, 0.4) is 0 Å². The minimum Gasteiger partial charge on any atom is -0.327 e. The van der Waals surface area contributed by atoms with Gasteiger partial charge >= 0.3 is 0 Å². The number of aromatic amines is 1. The maximum absolute atomic E-state index is 12.4. The lowest BCUT2D eigenvalue weighted by atomic mass is 10.3. The smallest absolute Gasteiger partial charge is 0.284 e. The Morgan fingerprint density at radius 1 is 1.67 bits per heavy atom. The summed E-state index contributed by atoms with van der Waals surface area (Å²) >= 11 is 0. The molecule has 9 heavy (non-hydrogen) atoms. The first kappa shape index (κ1) is 6.01. The third kappa shape index (κ3) is 0.988. The number of nitrogens with one attached hydrogen (secondary N) is 1. The molecule has 1 heterocycles. The molecule has 0 aliphatic heterocycles. The molecule has 1 rings (SSSR count). The number of hydrogen-bond donors (Lipinski definition) is 1. The molecular formula is C6H6FNO. The average molecular weight is 127 g/mol. The average Bonchev–Trinajstić information content (AvgIpc) is 1.83. The van der Waals surface area contributed by atoms with Crippen LogP contribution in [0.5, 0.6) is 0 Å². The Bertz CT molecular complexity index is 266. The molecule has 0 saturated heterocycles. The highest BCUT2D eigenvalue weighted by Crippen LogP contribution is 1.94. The van der Waals surface area contributed by atoms with E-state index in [9.17, 15) is 9.18 Å². The lowest BCUT2D eigenvalue weighted by Gasteiger charge is -1.89. The largest absolute Gasteiger partial charge is 0.327 e. The summed E-state index contributed by atoms with van der Waals surface area (Å²) in [5.74, 6) is -0.697. The van der Waals surface area contributed by atoms with Gasteiger partial charge in [-0.3, -0.25) is 4.79 Å². The van der Waals surface area contributed by atoms with Crippen LogP contribution >= 0.6 is 0 Å². The van der Waals surface area contributed by atoms with Crippen LogP contribution in [0.25, 0.3) is 0 Å². The third-order valence-corrected chi connectivity index (χ3v) is 1.09. The molecule has 0 atom stereocenters. The molecule has 3 heteroatoms. The molecule has 48 valence electrons. The highest BCUT2D eigenvalue weighted by Gasteiger charge is 1.97. The van der Waals surface area contributed by atoms with E-state index in [-0.39, 0.29) is 0 Å². The van der Waals surface area contributed by atoms with Crippen molar-refractivity contribution in [2.45, 2.75) is 6.92 Å². The zero-order chi connectivity index (χ0) is 6.85. The standard InChI is InChI=1S/C6H6FNO/c1-4-2-3-8-6(9)5(4)7/h2-3H,1H3,(H,8,9). The molecule has 1 aromatic heterocycles. The molecule has 0 aromatic carbocycles. The Labute approximate surface area is 51.3 Å². The van der Waals surface area contributed by atoms with E-state index in [2.05, 4.69) is 4.98 Å². The fourth-order valence-electron chi connectivity index (χ4n) is 0.558. The van der Waals surface area contributed by atoms with E-state index < -0.39 is 11.4 Å². The van der Waals surface area contributed by atoms with Gasteiger partial charge < -0.3 is 4.98 Å². The van der Waals surface area contributed by atoms with Crippen molar-refractivity contribution in [1.29, 1.82) is 0 Å². The van der Waals surface area contributed by atoms with E-state index in [0.29, 0.717) is 5.56 Å². The molecule has 0 bridgehead atoms. The molecule has 0 spiro atoms. The molecule has 0 aliphatic rings. The first-order chi connectivity index (χ1) is 4.22. The van der Waals surface area contributed by atoms with Crippen LogP contribution in [0.1, 0.15) is 5.56 Å². The Kier molecular flexibility index (Phi) is 1.34. The molecule has 0 saturated carbocycles. The second-order valence-electron chi connectivity index (χ2n) is 1.80. The van der Waals surface area contributed by atoms with Gasteiger partial charge in [0.1, 0.15) is 0 Å². The molecule has 0 radical (unpaired) electrons. The van der Waals surface area contributed by atoms with Gasteiger partial charge in [-0.2, -0.15) is 0 Å². The predicted molar refractivity (Wildman–Crippen MR) is 31.8 cm³/mol. The van der Waals surface area contributed by atoms with Crippen LogP contribution in [-0.4, -0.2) is 4.98 Å². The van der Waals surface area contributed by atoms with Crippen molar-refractivity contribution >= 4 is 0 Å². The van der Waals surface area contributed by atoms with Gasteiger partial charge in [-0.25, -0.2) is 4.39 Å². The van der Waals surface area contributed by atoms with Crippen molar-refractivity contribution < 1.29 is 4.39 Å². The van der Waals surface area contributed by atoms with Gasteiger partial charge in [0.15, 0.2) is 5.82 Å². The van der Waals surface area contributed by atoms with E-state index in [1.165, 1.54) is 12.3 Å². The molecule has 0 aliphatic carbocycles. The van der Waals surface area contributed by atoms with Crippen LogP contribution in [0.4, 0.5) is 4.39 Å². The van der Waals surface area contributed by atoms with E-state index in [1.54, 1.807) is 6.92 Å². The molecule has 2 nitrogen and oxygen atoms in total. The van der Waals surface area contributed by atoms with E-state index >= 15 is 0 Å². The fraction of sp³-hybridized carbons (Fsp3) is 0.167. The first-order valence-corrected chi connectivity index (χ1v) is 2.55. The van der Waals surface area contributed by atoms with Crippen LogP contribution in [0.2, 0.25) is 0 Å². The van der Waals surface area contributed by atoms with Crippen LogP contribution in [0.15, 0.2) is 17.1 Å². The number of pyridine rings is 1. The first-order valence-electron chi connectivity index (χ1n) is 2.55. The van der Waals surface area contributed by atoms with Gasteiger partial charge in [-0.05, 0) is 18.6 Å². The minimum atomic E-state index is -0.697.